The minimum atomic E-state index is -3.64. The van der Waals surface area contributed by atoms with Gasteiger partial charge in [0.1, 0.15) is 4.90 Å². The predicted octanol–water partition coefficient (Wildman–Crippen LogP) is 1.96. The molecule has 1 aromatic carbocycles. The SMILES string of the molecule is Cc1ccc(C)c(S(=O)(=O)NCC(C)(C)CCCO)c1N. The number of aliphatic hydroxyl groups excluding tert-OH is 1. The second-order valence-electron chi connectivity index (χ2n) is 6.26. The quantitative estimate of drug-likeness (QED) is 0.671. The number of hydrogen-bond acceptors (Lipinski definition) is 4. The number of nitrogens with one attached hydrogen (secondary N) is 1. The molecule has 6 heteroatoms. The molecule has 21 heavy (non-hydrogen) atoms. The van der Waals surface area contributed by atoms with Gasteiger partial charge in [0.05, 0.1) is 5.69 Å². The van der Waals surface area contributed by atoms with Crippen LogP contribution in [0.25, 0.3) is 0 Å². The molecule has 0 heterocycles. The van der Waals surface area contributed by atoms with Gasteiger partial charge in [0.2, 0.25) is 10.0 Å². The summed E-state index contributed by atoms with van der Waals surface area (Å²) in [4.78, 5) is 0.167. The van der Waals surface area contributed by atoms with Gasteiger partial charge in [-0.3, -0.25) is 0 Å². The van der Waals surface area contributed by atoms with Gasteiger partial charge in [-0.15, -0.1) is 0 Å². The van der Waals surface area contributed by atoms with E-state index < -0.39 is 10.0 Å². The maximum atomic E-state index is 12.5. The van der Waals surface area contributed by atoms with E-state index in [1.165, 1.54) is 0 Å². The first kappa shape index (κ1) is 17.9. The summed E-state index contributed by atoms with van der Waals surface area (Å²) in [5.74, 6) is 0. The molecule has 0 unspecified atom stereocenters. The summed E-state index contributed by atoms with van der Waals surface area (Å²) in [6, 6.07) is 3.58. The van der Waals surface area contributed by atoms with Crippen molar-refractivity contribution in [2.45, 2.75) is 45.4 Å². The molecule has 0 spiro atoms. The average molecular weight is 314 g/mol. The number of anilines is 1. The van der Waals surface area contributed by atoms with Crippen molar-refractivity contribution in [1.82, 2.24) is 4.72 Å². The minimum absolute atomic E-state index is 0.111. The Morgan fingerprint density at radius 1 is 1.24 bits per heavy atom. The molecule has 1 aromatic rings. The van der Waals surface area contributed by atoms with Crippen molar-refractivity contribution in [3.05, 3.63) is 23.3 Å². The Labute approximate surface area is 127 Å². The van der Waals surface area contributed by atoms with Crippen LogP contribution >= 0.6 is 0 Å². The van der Waals surface area contributed by atoms with Crippen LogP contribution in [-0.4, -0.2) is 26.7 Å². The average Bonchev–Trinajstić information content (AvgIpc) is 2.39. The van der Waals surface area contributed by atoms with Crippen LogP contribution in [0.1, 0.15) is 37.8 Å². The third-order valence-corrected chi connectivity index (χ3v) is 5.24. The smallest absolute Gasteiger partial charge is 0.242 e. The van der Waals surface area contributed by atoms with E-state index in [9.17, 15) is 8.42 Å². The lowest BCUT2D eigenvalue weighted by Crippen LogP contribution is -2.35. The van der Waals surface area contributed by atoms with Crippen LogP contribution in [0, 0.1) is 19.3 Å². The van der Waals surface area contributed by atoms with Gasteiger partial charge in [-0.1, -0.05) is 26.0 Å². The van der Waals surface area contributed by atoms with E-state index in [-0.39, 0.29) is 16.9 Å². The third kappa shape index (κ3) is 4.69. The molecule has 0 atom stereocenters. The molecule has 120 valence electrons. The van der Waals surface area contributed by atoms with Gasteiger partial charge >= 0.3 is 0 Å². The van der Waals surface area contributed by atoms with Gasteiger partial charge < -0.3 is 10.8 Å². The standard InChI is InChI=1S/C15H26N2O3S/c1-11-6-7-12(2)14(13(11)16)21(19,20)17-10-15(3,4)8-5-9-18/h6-7,17-18H,5,8-10,16H2,1-4H3. The van der Waals surface area contributed by atoms with Crippen LogP contribution in [0.3, 0.4) is 0 Å². The Morgan fingerprint density at radius 3 is 2.38 bits per heavy atom. The fourth-order valence-corrected chi connectivity index (χ4v) is 3.84. The van der Waals surface area contributed by atoms with Crippen LogP contribution < -0.4 is 10.5 Å². The number of hydrogen-bond donors (Lipinski definition) is 3. The van der Waals surface area contributed by atoms with Gasteiger partial charge in [0, 0.05) is 13.2 Å². The maximum Gasteiger partial charge on any atom is 0.242 e. The lowest BCUT2D eigenvalue weighted by molar-refractivity contribution is 0.242. The molecule has 5 nitrogen and oxygen atoms in total. The monoisotopic (exact) mass is 314 g/mol. The van der Waals surface area contributed by atoms with Crippen LogP contribution in [0.15, 0.2) is 17.0 Å². The number of benzene rings is 1. The van der Waals surface area contributed by atoms with Gasteiger partial charge in [0.15, 0.2) is 0 Å². The molecule has 0 fully saturated rings. The number of nitrogen functional groups attached to an aromatic ring is 1. The Kier molecular flexibility index (Phi) is 5.78. The first-order valence-electron chi connectivity index (χ1n) is 7.07. The second kappa shape index (κ2) is 6.77. The number of aryl methyl sites for hydroxylation is 2. The zero-order valence-electron chi connectivity index (χ0n) is 13.2. The summed E-state index contributed by atoms with van der Waals surface area (Å²) in [6.45, 7) is 7.89. The van der Waals surface area contributed by atoms with Crippen molar-refractivity contribution in [3.8, 4) is 0 Å². The molecular weight excluding hydrogens is 288 g/mol. The largest absolute Gasteiger partial charge is 0.397 e. The summed E-state index contributed by atoms with van der Waals surface area (Å²) >= 11 is 0. The van der Waals surface area contributed by atoms with Gasteiger partial charge in [-0.2, -0.15) is 0 Å². The molecule has 0 saturated carbocycles. The number of nitrogens with two attached hydrogens (primary N) is 1. The topological polar surface area (TPSA) is 92.4 Å². The molecule has 4 N–H and O–H groups in total. The molecule has 0 amide bonds. The van der Waals surface area contributed by atoms with Crippen molar-refractivity contribution in [2.24, 2.45) is 5.41 Å². The van der Waals surface area contributed by atoms with Crippen molar-refractivity contribution in [2.75, 3.05) is 18.9 Å². The van der Waals surface area contributed by atoms with Crippen molar-refractivity contribution in [1.29, 1.82) is 0 Å². The lowest BCUT2D eigenvalue weighted by Gasteiger charge is -2.25. The highest BCUT2D eigenvalue weighted by molar-refractivity contribution is 7.89. The fourth-order valence-electron chi connectivity index (χ4n) is 2.17. The predicted molar refractivity (Wildman–Crippen MR) is 85.6 cm³/mol. The number of sulfonamides is 1. The van der Waals surface area contributed by atoms with Crippen LogP contribution in [-0.2, 0) is 10.0 Å². The second-order valence-corrected chi connectivity index (χ2v) is 7.96. The maximum absolute atomic E-state index is 12.5. The summed E-state index contributed by atoms with van der Waals surface area (Å²) in [7, 11) is -3.64. The van der Waals surface area contributed by atoms with Crippen molar-refractivity contribution < 1.29 is 13.5 Å². The van der Waals surface area contributed by atoms with Crippen LogP contribution in [0.2, 0.25) is 0 Å². The molecule has 0 aliphatic rings. The number of aliphatic hydroxyl groups is 1. The Bertz CT molecular complexity index is 595. The normalized spacial score (nSPS) is 12.6. The molecule has 1 rings (SSSR count). The summed E-state index contributed by atoms with van der Waals surface area (Å²) in [6.07, 6.45) is 1.40. The Hall–Kier alpha value is -1.11. The molecule has 0 aliphatic heterocycles. The summed E-state index contributed by atoms with van der Waals surface area (Å²) in [5, 5.41) is 8.88. The highest BCUT2D eigenvalue weighted by Crippen LogP contribution is 2.27. The number of rotatable bonds is 7. The molecular formula is C15H26N2O3S. The van der Waals surface area contributed by atoms with E-state index >= 15 is 0 Å². The van der Waals surface area contributed by atoms with E-state index in [4.69, 9.17) is 10.8 Å². The van der Waals surface area contributed by atoms with Crippen molar-refractivity contribution in [3.63, 3.8) is 0 Å². The van der Waals surface area contributed by atoms with Crippen LogP contribution in [0.5, 0.6) is 0 Å². The van der Waals surface area contributed by atoms with E-state index in [1.54, 1.807) is 19.9 Å². The van der Waals surface area contributed by atoms with Crippen LogP contribution in [0.4, 0.5) is 5.69 Å². The molecule has 0 aliphatic carbocycles. The third-order valence-electron chi connectivity index (χ3n) is 3.63. The van der Waals surface area contributed by atoms with E-state index in [0.29, 0.717) is 24.2 Å². The van der Waals surface area contributed by atoms with Gasteiger partial charge in [-0.25, -0.2) is 13.1 Å². The highest BCUT2D eigenvalue weighted by Gasteiger charge is 2.25. The van der Waals surface area contributed by atoms with Crippen molar-refractivity contribution >= 4 is 15.7 Å². The fraction of sp³-hybridized carbons (Fsp3) is 0.600. The Balaban J connectivity index is 2.96. The van der Waals surface area contributed by atoms with E-state index in [1.807, 2.05) is 19.9 Å². The van der Waals surface area contributed by atoms with Gasteiger partial charge in [0.25, 0.3) is 0 Å². The summed E-state index contributed by atoms with van der Waals surface area (Å²) < 4.78 is 27.7. The highest BCUT2D eigenvalue weighted by atomic mass is 32.2. The van der Waals surface area contributed by atoms with E-state index in [2.05, 4.69) is 4.72 Å². The Morgan fingerprint density at radius 2 is 1.81 bits per heavy atom. The first-order valence-corrected chi connectivity index (χ1v) is 8.55. The van der Waals surface area contributed by atoms with E-state index in [0.717, 1.165) is 12.0 Å². The molecule has 0 bridgehead atoms. The minimum Gasteiger partial charge on any atom is -0.397 e. The molecule has 0 radical (unpaired) electrons. The van der Waals surface area contributed by atoms with Gasteiger partial charge in [-0.05, 0) is 43.2 Å². The summed E-state index contributed by atoms with van der Waals surface area (Å²) in [5.41, 5.74) is 7.41. The lowest BCUT2D eigenvalue weighted by atomic mass is 9.88. The zero-order chi connectivity index (χ0) is 16.3. The molecule has 0 aromatic heterocycles. The first-order chi connectivity index (χ1) is 9.60. The molecule has 0 saturated heterocycles. The zero-order valence-corrected chi connectivity index (χ0v) is 14.0.